The molecule has 0 atom stereocenters. The van der Waals surface area contributed by atoms with E-state index in [1.54, 1.807) is 7.11 Å². The average Bonchev–Trinajstić information content (AvgIpc) is 2.27. The summed E-state index contributed by atoms with van der Waals surface area (Å²) < 4.78 is 5.20. The molecular weight excluding hydrogens is 186 g/mol. The highest BCUT2D eigenvalue weighted by atomic mass is 16.5. The van der Waals surface area contributed by atoms with Crippen molar-refractivity contribution in [1.82, 2.24) is 5.32 Å². The lowest BCUT2D eigenvalue weighted by atomic mass is 9.95. The van der Waals surface area contributed by atoms with Gasteiger partial charge in [0.1, 0.15) is 5.75 Å². The van der Waals surface area contributed by atoms with E-state index in [2.05, 4.69) is 31.3 Å². The summed E-state index contributed by atoms with van der Waals surface area (Å²) in [5, 5.41) is 3.31. The number of rotatable bonds is 5. The monoisotopic (exact) mass is 207 g/mol. The van der Waals surface area contributed by atoms with Gasteiger partial charge in [-0.25, -0.2) is 0 Å². The molecule has 2 heteroatoms. The standard InChI is InChI=1S/C13H21NO/c1-13(2,14-3)9-8-11-6-5-7-12(10-11)15-4/h5-7,10,14H,8-9H2,1-4H3. The SMILES string of the molecule is CNC(C)(C)CCc1cccc(OC)c1. The lowest BCUT2D eigenvalue weighted by molar-refractivity contribution is 0.392. The second-order valence-corrected chi connectivity index (χ2v) is 4.49. The van der Waals surface area contributed by atoms with Crippen molar-refractivity contribution in [2.24, 2.45) is 0 Å². The molecule has 0 bridgehead atoms. The molecule has 0 saturated carbocycles. The third-order valence-electron chi connectivity index (χ3n) is 2.85. The molecule has 0 unspecified atom stereocenters. The molecule has 1 aromatic rings. The fraction of sp³-hybridized carbons (Fsp3) is 0.538. The highest BCUT2D eigenvalue weighted by Gasteiger charge is 2.13. The van der Waals surface area contributed by atoms with Crippen LogP contribution in [0.2, 0.25) is 0 Å². The fourth-order valence-corrected chi connectivity index (χ4v) is 1.41. The predicted octanol–water partition coefficient (Wildman–Crippen LogP) is 2.63. The van der Waals surface area contributed by atoms with Crippen LogP contribution in [-0.2, 0) is 6.42 Å². The summed E-state index contributed by atoms with van der Waals surface area (Å²) in [5.74, 6) is 0.940. The minimum Gasteiger partial charge on any atom is -0.497 e. The number of methoxy groups -OCH3 is 1. The largest absolute Gasteiger partial charge is 0.497 e. The maximum Gasteiger partial charge on any atom is 0.119 e. The van der Waals surface area contributed by atoms with Gasteiger partial charge in [0, 0.05) is 5.54 Å². The van der Waals surface area contributed by atoms with Crippen LogP contribution in [0.1, 0.15) is 25.8 Å². The number of hydrogen-bond acceptors (Lipinski definition) is 2. The lowest BCUT2D eigenvalue weighted by Crippen LogP contribution is -2.36. The molecule has 0 amide bonds. The molecule has 0 aromatic heterocycles. The fourth-order valence-electron chi connectivity index (χ4n) is 1.41. The van der Waals surface area contributed by atoms with Gasteiger partial charge in [0.2, 0.25) is 0 Å². The van der Waals surface area contributed by atoms with Crippen LogP contribution < -0.4 is 10.1 Å². The Morgan fingerprint density at radius 3 is 2.67 bits per heavy atom. The van der Waals surface area contributed by atoms with Gasteiger partial charge in [0.25, 0.3) is 0 Å². The van der Waals surface area contributed by atoms with Crippen LogP contribution in [0.3, 0.4) is 0 Å². The summed E-state index contributed by atoms with van der Waals surface area (Å²) >= 11 is 0. The third kappa shape index (κ3) is 3.92. The van der Waals surface area contributed by atoms with Crippen LogP contribution in [-0.4, -0.2) is 19.7 Å². The van der Waals surface area contributed by atoms with Crippen molar-refractivity contribution in [1.29, 1.82) is 0 Å². The number of hydrogen-bond donors (Lipinski definition) is 1. The van der Waals surface area contributed by atoms with Crippen molar-refractivity contribution in [3.8, 4) is 5.75 Å². The van der Waals surface area contributed by atoms with E-state index in [-0.39, 0.29) is 5.54 Å². The zero-order chi connectivity index (χ0) is 11.3. The topological polar surface area (TPSA) is 21.3 Å². The Hall–Kier alpha value is -1.02. The van der Waals surface area contributed by atoms with Crippen LogP contribution in [0.25, 0.3) is 0 Å². The summed E-state index contributed by atoms with van der Waals surface area (Å²) in [6.07, 6.45) is 2.20. The van der Waals surface area contributed by atoms with Gasteiger partial charge in [0.05, 0.1) is 7.11 Å². The van der Waals surface area contributed by atoms with Gasteiger partial charge in [-0.05, 0) is 51.4 Å². The number of ether oxygens (including phenoxy) is 1. The van der Waals surface area contributed by atoms with Crippen LogP contribution >= 0.6 is 0 Å². The maximum absolute atomic E-state index is 5.20. The van der Waals surface area contributed by atoms with E-state index >= 15 is 0 Å². The van der Waals surface area contributed by atoms with Crippen molar-refractivity contribution in [2.45, 2.75) is 32.2 Å². The molecule has 84 valence electrons. The number of nitrogens with one attached hydrogen (secondary N) is 1. The van der Waals surface area contributed by atoms with E-state index in [1.165, 1.54) is 5.56 Å². The third-order valence-corrected chi connectivity index (χ3v) is 2.85. The van der Waals surface area contributed by atoms with E-state index in [0.29, 0.717) is 0 Å². The van der Waals surface area contributed by atoms with Gasteiger partial charge >= 0.3 is 0 Å². The maximum atomic E-state index is 5.20. The summed E-state index contributed by atoms with van der Waals surface area (Å²) in [4.78, 5) is 0. The van der Waals surface area contributed by atoms with E-state index < -0.39 is 0 Å². The Labute approximate surface area is 92.6 Å². The molecule has 15 heavy (non-hydrogen) atoms. The molecule has 1 rings (SSSR count). The van der Waals surface area contributed by atoms with Crippen LogP contribution in [0.4, 0.5) is 0 Å². The van der Waals surface area contributed by atoms with E-state index in [4.69, 9.17) is 4.74 Å². The molecule has 1 aromatic carbocycles. The molecule has 0 saturated heterocycles. The summed E-state index contributed by atoms with van der Waals surface area (Å²) in [5.41, 5.74) is 1.53. The molecule has 0 fully saturated rings. The molecule has 0 aliphatic carbocycles. The number of aryl methyl sites for hydroxylation is 1. The molecule has 0 radical (unpaired) electrons. The molecule has 1 N–H and O–H groups in total. The molecule has 2 nitrogen and oxygen atoms in total. The van der Waals surface area contributed by atoms with E-state index in [0.717, 1.165) is 18.6 Å². The Bertz CT molecular complexity index is 307. The van der Waals surface area contributed by atoms with Gasteiger partial charge in [-0.2, -0.15) is 0 Å². The Morgan fingerprint density at radius 1 is 1.33 bits per heavy atom. The summed E-state index contributed by atoms with van der Waals surface area (Å²) in [7, 11) is 3.71. The zero-order valence-corrected chi connectivity index (χ0v) is 10.1. The first kappa shape index (κ1) is 12.1. The van der Waals surface area contributed by atoms with Crippen molar-refractivity contribution in [3.05, 3.63) is 29.8 Å². The highest BCUT2D eigenvalue weighted by Crippen LogP contribution is 2.17. The van der Waals surface area contributed by atoms with Crippen LogP contribution in [0, 0.1) is 0 Å². The minimum atomic E-state index is 0.197. The molecule has 0 aliphatic heterocycles. The second kappa shape index (κ2) is 5.17. The van der Waals surface area contributed by atoms with Crippen LogP contribution in [0.5, 0.6) is 5.75 Å². The first-order chi connectivity index (χ1) is 7.07. The van der Waals surface area contributed by atoms with Gasteiger partial charge in [-0.15, -0.1) is 0 Å². The average molecular weight is 207 g/mol. The summed E-state index contributed by atoms with van der Waals surface area (Å²) in [6.45, 7) is 4.43. The highest BCUT2D eigenvalue weighted by molar-refractivity contribution is 5.28. The molecule has 0 heterocycles. The molecular formula is C13H21NO. The normalized spacial score (nSPS) is 11.5. The molecule has 0 aliphatic rings. The van der Waals surface area contributed by atoms with Crippen molar-refractivity contribution in [3.63, 3.8) is 0 Å². The van der Waals surface area contributed by atoms with Crippen molar-refractivity contribution in [2.75, 3.05) is 14.2 Å². The minimum absolute atomic E-state index is 0.197. The number of benzene rings is 1. The van der Waals surface area contributed by atoms with E-state index in [9.17, 15) is 0 Å². The Kier molecular flexibility index (Phi) is 4.15. The van der Waals surface area contributed by atoms with Gasteiger partial charge in [-0.1, -0.05) is 12.1 Å². The first-order valence-corrected chi connectivity index (χ1v) is 5.39. The van der Waals surface area contributed by atoms with Crippen LogP contribution in [0.15, 0.2) is 24.3 Å². The van der Waals surface area contributed by atoms with Crippen molar-refractivity contribution < 1.29 is 4.74 Å². The van der Waals surface area contributed by atoms with E-state index in [1.807, 2.05) is 19.2 Å². The van der Waals surface area contributed by atoms with Crippen molar-refractivity contribution >= 4 is 0 Å². The lowest BCUT2D eigenvalue weighted by Gasteiger charge is -2.23. The smallest absolute Gasteiger partial charge is 0.119 e. The van der Waals surface area contributed by atoms with Gasteiger partial charge < -0.3 is 10.1 Å². The molecule has 0 spiro atoms. The first-order valence-electron chi connectivity index (χ1n) is 5.39. The van der Waals surface area contributed by atoms with Gasteiger partial charge in [-0.3, -0.25) is 0 Å². The van der Waals surface area contributed by atoms with Gasteiger partial charge in [0.15, 0.2) is 0 Å². The zero-order valence-electron chi connectivity index (χ0n) is 10.1. The summed E-state index contributed by atoms with van der Waals surface area (Å²) in [6, 6.07) is 8.27. The predicted molar refractivity (Wildman–Crippen MR) is 64.5 cm³/mol. The second-order valence-electron chi connectivity index (χ2n) is 4.49. The Morgan fingerprint density at radius 2 is 2.07 bits per heavy atom. The quantitative estimate of drug-likeness (QED) is 0.801. The Balaban J connectivity index is 2.57.